The molecular formula is C13H13N3O. The van der Waals surface area contributed by atoms with E-state index in [0.29, 0.717) is 11.5 Å². The number of aromatic nitrogens is 2. The fraction of sp³-hybridized carbons (Fsp3) is 0.385. The zero-order valence-corrected chi connectivity index (χ0v) is 9.44. The van der Waals surface area contributed by atoms with Crippen molar-refractivity contribution in [2.75, 3.05) is 13.2 Å². The van der Waals surface area contributed by atoms with Crippen LogP contribution >= 0.6 is 0 Å². The quantitative estimate of drug-likeness (QED) is 0.813. The van der Waals surface area contributed by atoms with Crippen LogP contribution < -0.4 is 0 Å². The van der Waals surface area contributed by atoms with Gasteiger partial charge in [0.05, 0.1) is 22.7 Å². The van der Waals surface area contributed by atoms with Crippen LogP contribution in [0.3, 0.4) is 0 Å². The second-order valence-corrected chi connectivity index (χ2v) is 4.35. The van der Waals surface area contributed by atoms with Gasteiger partial charge >= 0.3 is 0 Å². The van der Waals surface area contributed by atoms with Crippen LogP contribution in [0.4, 0.5) is 0 Å². The van der Waals surface area contributed by atoms with Crippen molar-refractivity contribution in [3.05, 3.63) is 29.6 Å². The molecule has 0 saturated carbocycles. The highest BCUT2D eigenvalue weighted by molar-refractivity contribution is 5.76. The van der Waals surface area contributed by atoms with E-state index in [9.17, 15) is 0 Å². The first kappa shape index (κ1) is 10.3. The average Bonchev–Trinajstić information content (AvgIpc) is 2.82. The third-order valence-corrected chi connectivity index (χ3v) is 3.24. The Kier molecular flexibility index (Phi) is 2.54. The van der Waals surface area contributed by atoms with E-state index in [0.717, 1.165) is 42.9 Å². The predicted molar refractivity (Wildman–Crippen MR) is 63.6 cm³/mol. The summed E-state index contributed by atoms with van der Waals surface area (Å²) in [4.78, 5) is 7.91. The SMILES string of the molecule is N#Cc1ccc2nc(C3CCOCC3)[nH]c2c1. The number of benzene rings is 1. The third kappa shape index (κ3) is 1.90. The highest BCUT2D eigenvalue weighted by Gasteiger charge is 2.19. The van der Waals surface area contributed by atoms with Crippen molar-refractivity contribution in [1.29, 1.82) is 5.26 Å². The Morgan fingerprint density at radius 3 is 2.94 bits per heavy atom. The molecule has 1 aliphatic heterocycles. The molecule has 1 aliphatic rings. The van der Waals surface area contributed by atoms with Gasteiger partial charge in [0.1, 0.15) is 5.82 Å². The first-order chi connectivity index (χ1) is 8.36. The first-order valence-electron chi connectivity index (χ1n) is 5.84. The van der Waals surface area contributed by atoms with Gasteiger partial charge in [0.2, 0.25) is 0 Å². The second-order valence-electron chi connectivity index (χ2n) is 4.35. The summed E-state index contributed by atoms with van der Waals surface area (Å²) in [6.45, 7) is 1.62. The van der Waals surface area contributed by atoms with E-state index in [2.05, 4.69) is 16.0 Å². The van der Waals surface area contributed by atoms with Crippen LogP contribution in [0.25, 0.3) is 11.0 Å². The van der Waals surface area contributed by atoms with Crippen LogP contribution in [0.5, 0.6) is 0 Å². The van der Waals surface area contributed by atoms with Gasteiger partial charge in [-0.2, -0.15) is 5.26 Å². The molecule has 17 heavy (non-hydrogen) atoms. The highest BCUT2D eigenvalue weighted by Crippen LogP contribution is 2.26. The summed E-state index contributed by atoms with van der Waals surface area (Å²) in [5.74, 6) is 1.49. The fourth-order valence-electron chi connectivity index (χ4n) is 2.26. The minimum atomic E-state index is 0.460. The lowest BCUT2D eigenvalue weighted by Crippen LogP contribution is -2.15. The molecule has 0 atom stereocenters. The Bertz CT molecular complexity index is 576. The van der Waals surface area contributed by atoms with Gasteiger partial charge in [-0.3, -0.25) is 0 Å². The van der Waals surface area contributed by atoms with Crippen LogP contribution in [-0.4, -0.2) is 23.2 Å². The molecule has 1 fully saturated rings. The molecule has 1 aromatic carbocycles. The Hall–Kier alpha value is -1.86. The van der Waals surface area contributed by atoms with Crippen LogP contribution in [-0.2, 0) is 4.74 Å². The number of fused-ring (bicyclic) bond motifs is 1. The molecule has 4 nitrogen and oxygen atoms in total. The van der Waals surface area contributed by atoms with Crippen molar-refractivity contribution in [3.63, 3.8) is 0 Å². The van der Waals surface area contributed by atoms with Crippen molar-refractivity contribution in [2.45, 2.75) is 18.8 Å². The maximum absolute atomic E-state index is 8.85. The molecule has 2 heterocycles. The molecule has 0 spiro atoms. The number of hydrogen-bond acceptors (Lipinski definition) is 3. The number of hydrogen-bond donors (Lipinski definition) is 1. The molecule has 0 unspecified atom stereocenters. The highest BCUT2D eigenvalue weighted by atomic mass is 16.5. The number of ether oxygens (including phenoxy) is 1. The number of H-pyrrole nitrogens is 1. The first-order valence-corrected chi connectivity index (χ1v) is 5.84. The number of nitrogens with zero attached hydrogens (tertiary/aromatic N) is 2. The van der Waals surface area contributed by atoms with E-state index in [1.54, 1.807) is 6.07 Å². The van der Waals surface area contributed by atoms with E-state index in [1.165, 1.54) is 0 Å². The summed E-state index contributed by atoms with van der Waals surface area (Å²) < 4.78 is 5.35. The minimum Gasteiger partial charge on any atom is -0.381 e. The number of nitriles is 1. The van der Waals surface area contributed by atoms with Crippen molar-refractivity contribution in [1.82, 2.24) is 9.97 Å². The van der Waals surface area contributed by atoms with Crippen LogP contribution in [0.15, 0.2) is 18.2 Å². The third-order valence-electron chi connectivity index (χ3n) is 3.24. The maximum Gasteiger partial charge on any atom is 0.110 e. The summed E-state index contributed by atoms with van der Waals surface area (Å²) in [5.41, 5.74) is 2.55. The minimum absolute atomic E-state index is 0.460. The summed E-state index contributed by atoms with van der Waals surface area (Å²) in [6, 6.07) is 7.69. The largest absolute Gasteiger partial charge is 0.381 e. The molecule has 3 rings (SSSR count). The lowest BCUT2D eigenvalue weighted by molar-refractivity contribution is 0.0838. The van der Waals surface area contributed by atoms with E-state index in [1.807, 2.05) is 12.1 Å². The lowest BCUT2D eigenvalue weighted by atomic mass is 10.00. The number of rotatable bonds is 1. The lowest BCUT2D eigenvalue weighted by Gasteiger charge is -2.19. The number of aromatic amines is 1. The van der Waals surface area contributed by atoms with Gasteiger partial charge in [-0.1, -0.05) is 0 Å². The molecule has 0 amide bonds. The number of imidazole rings is 1. The standard InChI is InChI=1S/C13H13N3O/c14-8-9-1-2-11-12(7-9)16-13(15-11)10-3-5-17-6-4-10/h1-2,7,10H,3-6H2,(H,15,16). The summed E-state index contributed by atoms with van der Waals surface area (Å²) in [6.07, 6.45) is 2.04. The van der Waals surface area contributed by atoms with Crippen LogP contribution in [0.2, 0.25) is 0 Å². The van der Waals surface area contributed by atoms with Gasteiger partial charge in [0.15, 0.2) is 0 Å². The monoisotopic (exact) mass is 227 g/mol. The van der Waals surface area contributed by atoms with Gasteiger partial charge in [-0.05, 0) is 31.0 Å². The van der Waals surface area contributed by atoms with Crippen LogP contribution in [0.1, 0.15) is 30.1 Å². The van der Waals surface area contributed by atoms with Crippen molar-refractivity contribution in [2.24, 2.45) is 0 Å². The zero-order chi connectivity index (χ0) is 11.7. The van der Waals surface area contributed by atoms with Crippen LogP contribution in [0, 0.1) is 11.3 Å². The zero-order valence-electron chi connectivity index (χ0n) is 9.44. The normalized spacial score (nSPS) is 17.1. The molecule has 0 radical (unpaired) electrons. The molecule has 2 aromatic rings. The fourth-order valence-corrected chi connectivity index (χ4v) is 2.26. The van der Waals surface area contributed by atoms with E-state index >= 15 is 0 Å². The second kappa shape index (κ2) is 4.19. The van der Waals surface area contributed by atoms with Gasteiger partial charge in [-0.15, -0.1) is 0 Å². The van der Waals surface area contributed by atoms with E-state index < -0.39 is 0 Å². The molecular weight excluding hydrogens is 214 g/mol. The van der Waals surface area contributed by atoms with Gasteiger partial charge in [-0.25, -0.2) is 4.98 Å². The molecule has 0 aliphatic carbocycles. The van der Waals surface area contributed by atoms with E-state index in [4.69, 9.17) is 10.00 Å². The number of nitrogens with one attached hydrogen (secondary N) is 1. The molecule has 86 valence electrons. The van der Waals surface area contributed by atoms with Gasteiger partial charge < -0.3 is 9.72 Å². The summed E-state index contributed by atoms with van der Waals surface area (Å²) in [5, 5.41) is 8.85. The topological polar surface area (TPSA) is 61.7 Å². The Morgan fingerprint density at radius 2 is 2.18 bits per heavy atom. The molecule has 1 N–H and O–H groups in total. The Labute approximate surface area is 99.2 Å². The summed E-state index contributed by atoms with van der Waals surface area (Å²) in [7, 11) is 0. The molecule has 0 bridgehead atoms. The Morgan fingerprint density at radius 1 is 1.35 bits per heavy atom. The average molecular weight is 227 g/mol. The molecule has 1 saturated heterocycles. The van der Waals surface area contributed by atoms with E-state index in [-0.39, 0.29) is 0 Å². The van der Waals surface area contributed by atoms with Gasteiger partial charge in [0.25, 0.3) is 0 Å². The summed E-state index contributed by atoms with van der Waals surface area (Å²) >= 11 is 0. The molecule has 4 heteroatoms. The maximum atomic E-state index is 8.85. The molecule has 1 aromatic heterocycles. The Balaban J connectivity index is 1.98. The van der Waals surface area contributed by atoms with Crippen molar-refractivity contribution < 1.29 is 4.74 Å². The predicted octanol–water partition coefficient (Wildman–Crippen LogP) is 2.33. The van der Waals surface area contributed by atoms with Crippen molar-refractivity contribution in [3.8, 4) is 6.07 Å². The van der Waals surface area contributed by atoms with Crippen molar-refractivity contribution >= 4 is 11.0 Å². The smallest absolute Gasteiger partial charge is 0.110 e. The van der Waals surface area contributed by atoms with Gasteiger partial charge in [0, 0.05) is 19.1 Å².